The van der Waals surface area contributed by atoms with Crippen molar-refractivity contribution in [2.75, 3.05) is 0 Å². The van der Waals surface area contributed by atoms with E-state index in [4.69, 9.17) is 0 Å². The van der Waals surface area contributed by atoms with Gasteiger partial charge >= 0.3 is 0 Å². The second-order valence-electron chi connectivity index (χ2n) is 4.69. The molecule has 0 amide bonds. The van der Waals surface area contributed by atoms with E-state index in [1.165, 1.54) is 0 Å². The molecule has 0 aliphatic carbocycles. The van der Waals surface area contributed by atoms with E-state index in [1.54, 1.807) is 0 Å². The molecule has 0 fully saturated rings. The maximum Gasteiger partial charge on any atom is 0.111 e. The molecule has 1 N–H and O–H groups in total. The second-order valence-corrected chi connectivity index (χ2v) is 4.69. The minimum Gasteiger partial charge on any atom is -0.282 e. The Morgan fingerprint density at radius 1 is 1.00 bits per heavy atom. The van der Waals surface area contributed by atoms with Gasteiger partial charge in [0.2, 0.25) is 0 Å². The van der Waals surface area contributed by atoms with E-state index in [1.807, 2.05) is 31.3 Å². The Kier molecular flexibility index (Phi) is 3.17. The highest BCUT2D eigenvalue weighted by atomic mass is 15.1. The van der Waals surface area contributed by atoms with Gasteiger partial charge in [-0.25, -0.2) is 0 Å². The Morgan fingerprint density at radius 2 is 1.80 bits per heavy atom. The van der Waals surface area contributed by atoms with Crippen molar-refractivity contribution >= 4 is 6.08 Å². The van der Waals surface area contributed by atoms with Crippen LogP contribution in [0.3, 0.4) is 0 Å². The summed E-state index contributed by atoms with van der Waals surface area (Å²) in [7, 11) is 0. The summed E-state index contributed by atoms with van der Waals surface area (Å²) in [5.41, 5.74) is 6.18. The number of nitrogens with zero attached hydrogens (tertiary/aromatic N) is 2. The minimum atomic E-state index is 0.868. The molecule has 0 atom stereocenters. The monoisotopic (exact) mass is 261 g/mol. The van der Waals surface area contributed by atoms with Crippen LogP contribution in [0.1, 0.15) is 11.3 Å². The summed E-state index contributed by atoms with van der Waals surface area (Å²) in [6, 6.07) is 14.3. The van der Waals surface area contributed by atoms with Gasteiger partial charge in [-0.1, -0.05) is 36.9 Å². The largest absolute Gasteiger partial charge is 0.282 e. The van der Waals surface area contributed by atoms with Crippen LogP contribution in [0, 0.1) is 6.92 Å². The van der Waals surface area contributed by atoms with Gasteiger partial charge in [-0.2, -0.15) is 5.10 Å². The molecule has 0 spiro atoms. The highest BCUT2D eigenvalue weighted by molar-refractivity contribution is 5.70. The predicted octanol–water partition coefficient (Wildman–Crippen LogP) is 4.09. The lowest BCUT2D eigenvalue weighted by Gasteiger charge is -2.04. The number of hydrogen-bond acceptors (Lipinski definition) is 2. The second kappa shape index (κ2) is 5.13. The molecule has 0 aliphatic rings. The van der Waals surface area contributed by atoms with Gasteiger partial charge in [0.05, 0.1) is 5.69 Å². The summed E-state index contributed by atoms with van der Waals surface area (Å²) in [5, 5.41) is 7.19. The van der Waals surface area contributed by atoms with E-state index >= 15 is 0 Å². The number of aromatic nitrogens is 3. The van der Waals surface area contributed by atoms with Crippen molar-refractivity contribution in [2.45, 2.75) is 6.92 Å². The van der Waals surface area contributed by atoms with Crippen LogP contribution in [-0.4, -0.2) is 15.2 Å². The molecule has 0 saturated carbocycles. The maximum atomic E-state index is 4.38. The molecular weight excluding hydrogens is 246 g/mol. The summed E-state index contributed by atoms with van der Waals surface area (Å²) >= 11 is 0. The van der Waals surface area contributed by atoms with Gasteiger partial charge in [-0.15, -0.1) is 0 Å². The quantitative estimate of drug-likeness (QED) is 0.771. The molecule has 3 nitrogen and oxygen atoms in total. The molecule has 3 heteroatoms. The van der Waals surface area contributed by atoms with Gasteiger partial charge in [-0.05, 0) is 41.8 Å². The first-order valence-electron chi connectivity index (χ1n) is 6.47. The number of rotatable bonds is 3. The van der Waals surface area contributed by atoms with Crippen molar-refractivity contribution in [1.82, 2.24) is 15.2 Å². The fourth-order valence-electron chi connectivity index (χ4n) is 2.11. The van der Waals surface area contributed by atoms with Crippen LogP contribution >= 0.6 is 0 Å². The summed E-state index contributed by atoms with van der Waals surface area (Å²) in [6.07, 6.45) is 3.66. The molecule has 2 heterocycles. The third-order valence-corrected chi connectivity index (χ3v) is 3.21. The topological polar surface area (TPSA) is 41.6 Å². The predicted molar refractivity (Wildman–Crippen MR) is 82.1 cm³/mol. The first-order valence-corrected chi connectivity index (χ1v) is 6.47. The van der Waals surface area contributed by atoms with Gasteiger partial charge in [-0.3, -0.25) is 10.1 Å². The highest BCUT2D eigenvalue weighted by Gasteiger charge is 2.05. The normalized spacial score (nSPS) is 10.4. The van der Waals surface area contributed by atoms with E-state index in [2.05, 4.69) is 52.1 Å². The fourth-order valence-corrected chi connectivity index (χ4v) is 2.11. The SMILES string of the molecule is C=Cc1ccc(-c2ccnc(-c3cc(C)[nH]n3)c2)cc1. The third-order valence-electron chi connectivity index (χ3n) is 3.21. The van der Waals surface area contributed by atoms with Crippen molar-refractivity contribution < 1.29 is 0 Å². The van der Waals surface area contributed by atoms with Crippen molar-refractivity contribution in [3.8, 4) is 22.5 Å². The van der Waals surface area contributed by atoms with E-state index in [9.17, 15) is 0 Å². The zero-order valence-corrected chi connectivity index (χ0v) is 11.3. The zero-order chi connectivity index (χ0) is 13.9. The van der Waals surface area contributed by atoms with Crippen molar-refractivity contribution in [1.29, 1.82) is 0 Å². The lowest BCUT2D eigenvalue weighted by atomic mass is 10.0. The van der Waals surface area contributed by atoms with Crippen LogP contribution in [-0.2, 0) is 0 Å². The summed E-state index contributed by atoms with van der Waals surface area (Å²) in [6.45, 7) is 5.75. The Balaban J connectivity index is 2.00. The molecule has 20 heavy (non-hydrogen) atoms. The molecule has 0 aliphatic heterocycles. The Labute approximate surface area is 118 Å². The highest BCUT2D eigenvalue weighted by Crippen LogP contribution is 2.24. The van der Waals surface area contributed by atoms with Gasteiger partial charge in [0.1, 0.15) is 5.69 Å². The van der Waals surface area contributed by atoms with E-state index in [0.29, 0.717) is 0 Å². The Bertz CT molecular complexity index is 739. The van der Waals surface area contributed by atoms with Crippen LogP contribution in [0.4, 0.5) is 0 Å². The Hall–Kier alpha value is -2.68. The molecule has 0 saturated heterocycles. The van der Waals surface area contributed by atoms with Crippen molar-refractivity contribution in [3.63, 3.8) is 0 Å². The van der Waals surface area contributed by atoms with Crippen LogP contribution in [0.2, 0.25) is 0 Å². The van der Waals surface area contributed by atoms with Gasteiger partial charge in [0.25, 0.3) is 0 Å². The van der Waals surface area contributed by atoms with Crippen molar-refractivity contribution in [3.05, 3.63) is 66.5 Å². The summed E-state index contributed by atoms with van der Waals surface area (Å²) in [4.78, 5) is 4.38. The van der Waals surface area contributed by atoms with Gasteiger partial charge in [0, 0.05) is 11.9 Å². The minimum absolute atomic E-state index is 0.868. The van der Waals surface area contributed by atoms with E-state index in [-0.39, 0.29) is 0 Å². The number of H-pyrrole nitrogens is 1. The number of benzene rings is 1. The maximum absolute atomic E-state index is 4.38. The molecule has 2 aromatic heterocycles. The molecule has 0 radical (unpaired) electrons. The van der Waals surface area contributed by atoms with Gasteiger partial charge in [0.15, 0.2) is 0 Å². The van der Waals surface area contributed by atoms with Crippen LogP contribution in [0.15, 0.2) is 55.2 Å². The van der Waals surface area contributed by atoms with Crippen LogP contribution in [0.5, 0.6) is 0 Å². The molecule has 1 aromatic carbocycles. The smallest absolute Gasteiger partial charge is 0.111 e. The first kappa shape index (κ1) is 12.4. The van der Waals surface area contributed by atoms with Crippen LogP contribution in [0.25, 0.3) is 28.6 Å². The molecular formula is C17H15N3. The first-order chi connectivity index (χ1) is 9.76. The van der Waals surface area contributed by atoms with Crippen LogP contribution < -0.4 is 0 Å². The number of aromatic amines is 1. The number of nitrogens with one attached hydrogen (secondary N) is 1. The molecule has 98 valence electrons. The van der Waals surface area contributed by atoms with Gasteiger partial charge < -0.3 is 0 Å². The fraction of sp³-hybridized carbons (Fsp3) is 0.0588. The molecule has 0 unspecified atom stereocenters. The average molecular weight is 261 g/mol. The van der Waals surface area contributed by atoms with E-state index in [0.717, 1.165) is 33.8 Å². The lowest BCUT2D eigenvalue weighted by molar-refractivity contribution is 1.04. The zero-order valence-electron chi connectivity index (χ0n) is 11.3. The number of hydrogen-bond donors (Lipinski definition) is 1. The third kappa shape index (κ3) is 2.38. The standard InChI is InChI=1S/C17H15N3/c1-3-13-4-6-14(7-5-13)15-8-9-18-16(11-15)17-10-12(2)19-20-17/h3-11H,1H2,2H3,(H,19,20). The molecule has 3 aromatic rings. The van der Waals surface area contributed by atoms with E-state index < -0.39 is 0 Å². The summed E-state index contributed by atoms with van der Waals surface area (Å²) < 4.78 is 0. The average Bonchev–Trinajstić information content (AvgIpc) is 2.94. The summed E-state index contributed by atoms with van der Waals surface area (Å²) in [5.74, 6) is 0. The van der Waals surface area contributed by atoms with Crippen molar-refractivity contribution in [2.24, 2.45) is 0 Å². The molecule has 3 rings (SSSR count). The Morgan fingerprint density at radius 3 is 2.45 bits per heavy atom. The lowest BCUT2D eigenvalue weighted by Crippen LogP contribution is -1.86. The number of pyridine rings is 1. The number of aryl methyl sites for hydroxylation is 1. The molecule has 0 bridgehead atoms.